The number of ether oxygens (including phenoxy) is 2. The Kier molecular flexibility index (Phi) is 7.82. The molecule has 0 spiro atoms. The highest BCUT2D eigenvalue weighted by Crippen LogP contribution is 2.17. The van der Waals surface area contributed by atoms with Crippen LogP contribution in [-0.4, -0.2) is 36.9 Å². The molecule has 0 aliphatic carbocycles. The molecule has 0 saturated heterocycles. The van der Waals surface area contributed by atoms with E-state index in [9.17, 15) is 0 Å². The van der Waals surface area contributed by atoms with Gasteiger partial charge in [0.1, 0.15) is 6.10 Å². The number of nitrogens with two attached hydrogens (primary N) is 1. The second-order valence-electron chi connectivity index (χ2n) is 7.17. The topological polar surface area (TPSA) is 69.4 Å². The van der Waals surface area contributed by atoms with E-state index < -0.39 is 0 Å². The summed E-state index contributed by atoms with van der Waals surface area (Å²) in [6.07, 6.45) is 6.64. The molecule has 1 unspecified atom stereocenters. The lowest BCUT2D eigenvalue weighted by Gasteiger charge is -2.26. The van der Waals surface area contributed by atoms with Crippen LogP contribution in [0, 0.1) is 0 Å². The zero-order valence-electron chi connectivity index (χ0n) is 16.7. The fourth-order valence-electron chi connectivity index (χ4n) is 2.52. The van der Waals surface area contributed by atoms with Gasteiger partial charge in [-0.1, -0.05) is 24.3 Å². The van der Waals surface area contributed by atoms with Gasteiger partial charge in [-0.2, -0.15) is 0 Å². The third-order valence-electron chi connectivity index (χ3n) is 4.20. The third-order valence-corrected chi connectivity index (χ3v) is 4.20. The number of hydrogen-bond donors (Lipinski definition) is 2. The number of nitrogens with zero attached hydrogens (tertiary/aromatic N) is 1. The Hall–Kier alpha value is -2.37. The smallest absolute Gasteiger partial charge is 0.213 e. The highest BCUT2D eigenvalue weighted by molar-refractivity contribution is 5.70. The van der Waals surface area contributed by atoms with Crippen LogP contribution in [0.3, 0.4) is 0 Å². The lowest BCUT2D eigenvalue weighted by atomic mass is 10.1. The van der Waals surface area contributed by atoms with E-state index in [0.29, 0.717) is 19.0 Å². The highest BCUT2D eigenvalue weighted by atomic mass is 16.5. The minimum atomic E-state index is -0.236. The minimum Gasteiger partial charge on any atom is -0.472 e. The minimum absolute atomic E-state index is 0.0818. The average molecular weight is 370 g/mol. The molecule has 5 heteroatoms. The Morgan fingerprint density at radius 1 is 1.11 bits per heavy atom. The molecule has 1 atom stereocenters. The average Bonchev–Trinajstić information content (AvgIpc) is 2.66. The summed E-state index contributed by atoms with van der Waals surface area (Å²) in [7, 11) is 1.91. The molecule has 0 radical (unpaired) electrons. The predicted octanol–water partition coefficient (Wildman–Crippen LogP) is 4.21. The number of rotatable bonds is 10. The zero-order chi connectivity index (χ0) is 19.7. The number of anilines is 1. The second kappa shape index (κ2) is 10.1. The molecule has 0 bridgehead atoms. The van der Waals surface area contributed by atoms with Gasteiger partial charge < -0.3 is 20.5 Å². The van der Waals surface area contributed by atoms with Gasteiger partial charge in [0.2, 0.25) is 5.88 Å². The third kappa shape index (κ3) is 7.41. The standard InChI is InChI=1S/C22H31N3O2/c1-17(16-26-22(2,3)13-14-23)27-21-12-9-19(15-25-21)6-5-18-7-10-20(24-4)11-8-18/h5-12,15,17,24H,13-14,16,23H2,1-4H3/b6-5+. The Morgan fingerprint density at radius 3 is 2.37 bits per heavy atom. The monoisotopic (exact) mass is 369 g/mol. The maximum absolute atomic E-state index is 5.88. The Morgan fingerprint density at radius 2 is 1.78 bits per heavy atom. The number of benzene rings is 1. The molecule has 146 valence electrons. The van der Waals surface area contributed by atoms with Crippen molar-refractivity contribution in [3.63, 3.8) is 0 Å². The van der Waals surface area contributed by atoms with Crippen LogP contribution in [0.2, 0.25) is 0 Å². The molecule has 0 amide bonds. The van der Waals surface area contributed by atoms with Gasteiger partial charge in [-0.15, -0.1) is 0 Å². The molecule has 27 heavy (non-hydrogen) atoms. The van der Waals surface area contributed by atoms with Crippen molar-refractivity contribution in [3.8, 4) is 5.88 Å². The van der Waals surface area contributed by atoms with Gasteiger partial charge in [0.05, 0.1) is 12.2 Å². The first-order valence-corrected chi connectivity index (χ1v) is 9.34. The van der Waals surface area contributed by atoms with Crippen LogP contribution in [0.5, 0.6) is 5.88 Å². The predicted molar refractivity (Wildman–Crippen MR) is 113 cm³/mol. The van der Waals surface area contributed by atoms with E-state index in [0.717, 1.165) is 23.2 Å². The number of pyridine rings is 1. The molecule has 2 aromatic rings. The van der Waals surface area contributed by atoms with Gasteiger partial charge in [0.25, 0.3) is 0 Å². The van der Waals surface area contributed by atoms with Crippen LogP contribution in [0.1, 0.15) is 38.3 Å². The molecule has 0 fully saturated rings. The lowest BCUT2D eigenvalue weighted by molar-refractivity contribution is -0.0527. The summed E-state index contributed by atoms with van der Waals surface area (Å²) in [5, 5.41) is 3.11. The van der Waals surface area contributed by atoms with Gasteiger partial charge >= 0.3 is 0 Å². The Balaban J connectivity index is 1.86. The van der Waals surface area contributed by atoms with E-state index in [1.54, 1.807) is 6.20 Å². The Labute approximate surface area is 162 Å². The van der Waals surface area contributed by atoms with E-state index >= 15 is 0 Å². The SMILES string of the molecule is CNc1ccc(/C=C/c2ccc(OC(C)COC(C)(C)CCN)nc2)cc1. The van der Waals surface area contributed by atoms with Crippen molar-refractivity contribution in [2.75, 3.05) is 25.5 Å². The van der Waals surface area contributed by atoms with Crippen LogP contribution in [0.15, 0.2) is 42.6 Å². The molecule has 5 nitrogen and oxygen atoms in total. The Bertz CT molecular complexity index is 709. The van der Waals surface area contributed by atoms with Crippen LogP contribution in [-0.2, 0) is 4.74 Å². The van der Waals surface area contributed by atoms with E-state index in [2.05, 4.69) is 28.5 Å². The van der Waals surface area contributed by atoms with Crippen LogP contribution >= 0.6 is 0 Å². The van der Waals surface area contributed by atoms with Crippen molar-refractivity contribution in [1.29, 1.82) is 0 Å². The molecule has 0 aliphatic rings. The molecule has 0 saturated carbocycles. The van der Waals surface area contributed by atoms with E-state index in [4.69, 9.17) is 15.2 Å². The zero-order valence-corrected chi connectivity index (χ0v) is 16.7. The fraction of sp³-hybridized carbons (Fsp3) is 0.409. The van der Waals surface area contributed by atoms with Crippen molar-refractivity contribution in [2.24, 2.45) is 5.73 Å². The van der Waals surface area contributed by atoms with Crippen LogP contribution in [0.4, 0.5) is 5.69 Å². The number of hydrogen-bond acceptors (Lipinski definition) is 5. The summed E-state index contributed by atoms with van der Waals surface area (Å²) in [5.74, 6) is 0.596. The molecule has 1 heterocycles. The molecule has 0 aliphatic heterocycles. The molecule has 1 aromatic heterocycles. The first kappa shape index (κ1) is 20.9. The quantitative estimate of drug-likeness (QED) is 0.657. The van der Waals surface area contributed by atoms with E-state index in [-0.39, 0.29) is 11.7 Å². The van der Waals surface area contributed by atoms with Crippen molar-refractivity contribution in [2.45, 2.75) is 38.9 Å². The van der Waals surface area contributed by atoms with Gasteiger partial charge in [-0.25, -0.2) is 4.98 Å². The molecule has 3 N–H and O–H groups in total. The molecule has 1 aromatic carbocycles. The summed E-state index contributed by atoms with van der Waals surface area (Å²) in [5.41, 5.74) is 8.63. The van der Waals surface area contributed by atoms with Gasteiger partial charge in [0, 0.05) is 25.0 Å². The van der Waals surface area contributed by atoms with Gasteiger partial charge in [-0.05, 0) is 63.1 Å². The molecular formula is C22H31N3O2. The summed E-state index contributed by atoms with van der Waals surface area (Å²) in [4.78, 5) is 4.38. The fourth-order valence-corrected chi connectivity index (χ4v) is 2.52. The normalized spacial score (nSPS) is 12.9. The summed E-state index contributed by atoms with van der Waals surface area (Å²) in [6, 6.07) is 12.1. The van der Waals surface area contributed by atoms with Crippen molar-refractivity contribution < 1.29 is 9.47 Å². The lowest BCUT2D eigenvalue weighted by Crippen LogP contribution is -2.32. The van der Waals surface area contributed by atoms with Gasteiger partial charge in [-0.3, -0.25) is 0 Å². The first-order valence-electron chi connectivity index (χ1n) is 9.34. The van der Waals surface area contributed by atoms with Crippen LogP contribution < -0.4 is 15.8 Å². The summed E-state index contributed by atoms with van der Waals surface area (Å²) in [6.45, 7) is 7.16. The summed E-state index contributed by atoms with van der Waals surface area (Å²) >= 11 is 0. The van der Waals surface area contributed by atoms with Crippen molar-refractivity contribution >= 4 is 17.8 Å². The van der Waals surface area contributed by atoms with Crippen molar-refractivity contribution in [3.05, 3.63) is 53.7 Å². The first-order chi connectivity index (χ1) is 12.9. The maximum atomic E-state index is 5.88. The van der Waals surface area contributed by atoms with E-state index in [1.807, 2.05) is 58.2 Å². The van der Waals surface area contributed by atoms with Crippen molar-refractivity contribution in [1.82, 2.24) is 4.98 Å². The number of nitrogens with one attached hydrogen (secondary N) is 1. The van der Waals surface area contributed by atoms with Gasteiger partial charge in [0.15, 0.2) is 0 Å². The highest BCUT2D eigenvalue weighted by Gasteiger charge is 2.19. The summed E-state index contributed by atoms with van der Waals surface area (Å²) < 4.78 is 11.7. The molecular weight excluding hydrogens is 338 g/mol. The van der Waals surface area contributed by atoms with E-state index in [1.165, 1.54) is 0 Å². The number of aromatic nitrogens is 1. The molecule has 2 rings (SSSR count). The largest absolute Gasteiger partial charge is 0.472 e. The van der Waals surface area contributed by atoms with Crippen LogP contribution in [0.25, 0.3) is 12.2 Å². The maximum Gasteiger partial charge on any atom is 0.213 e. The second-order valence-corrected chi connectivity index (χ2v) is 7.17.